The highest BCUT2D eigenvalue weighted by atomic mass is 79.9. The van der Waals surface area contributed by atoms with E-state index in [1.165, 1.54) is 17.4 Å². The van der Waals surface area contributed by atoms with Gasteiger partial charge < -0.3 is 9.15 Å². The Balaban J connectivity index is 1.78. The van der Waals surface area contributed by atoms with Gasteiger partial charge in [0.2, 0.25) is 0 Å². The van der Waals surface area contributed by atoms with Crippen molar-refractivity contribution in [2.75, 3.05) is 0 Å². The lowest BCUT2D eigenvalue weighted by atomic mass is 10.3. The van der Waals surface area contributed by atoms with Crippen LogP contribution in [0.25, 0.3) is 10.8 Å². The van der Waals surface area contributed by atoms with Gasteiger partial charge in [-0.1, -0.05) is 22.0 Å². The zero-order valence-corrected chi connectivity index (χ0v) is 13.3. The first-order valence-corrected chi connectivity index (χ1v) is 7.80. The van der Waals surface area contributed by atoms with Gasteiger partial charge in [0, 0.05) is 4.47 Å². The molecule has 0 spiro atoms. The van der Waals surface area contributed by atoms with Crippen LogP contribution in [-0.2, 0) is 0 Å². The van der Waals surface area contributed by atoms with Gasteiger partial charge in [0.05, 0.1) is 4.88 Å². The lowest BCUT2D eigenvalue weighted by molar-refractivity contribution is 0.182. The third kappa shape index (κ3) is 3.14. The molecule has 0 bridgehead atoms. The van der Waals surface area contributed by atoms with Crippen LogP contribution in [-0.4, -0.2) is 10.2 Å². The number of ether oxygens (including phenoxy) is 1. The number of halogens is 2. The lowest BCUT2D eigenvalue weighted by Crippen LogP contribution is -2.04. The van der Waals surface area contributed by atoms with E-state index in [1.807, 2.05) is 17.5 Å². The molecule has 4 nitrogen and oxygen atoms in total. The molecule has 0 unspecified atom stereocenters. The Morgan fingerprint density at radius 2 is 2.19 bits per heavy atom. The summed E-state index contributed by atoms with van der Waals surface area (Å²) in [5.41, 5.74) is 0. The van der Waals surface area contributed by atoms with Gasteiger partial charge in [0.15, 0.2) is 17.7 Å². The predicted molar refractivity (Wildman–Crippen MR) is 80.8 cm³/mol. The van der Waals surface area contributed by atoms with Crippen LogP contribution in [0.1, 0.15) is 18.9 Å². The molecule has 7 heteroatoms. The first kappa shape index (κ1) is 14.2. The van der Waals surface area contributed by atoms with Gasteiger partial charge >= 0.3 is 0 Å². The largest absolute Gasteiger partial charge is 0.478 e. The third-order valence-corrected chi connectivity index (χ3v) is 4.07. The van der Waals surface area contributed by atoms with Crippen LogP contribution in [0.15, 0.2) is 44.6 Å². The topological polar surface area (TPSA) is 48.2 Å². The second-order valence-electron chi connectivity index (χ2n) is 4.26. The minimum atomic E-state index is -0.540. The van der Waals surface area contributed by atoms with Crippen molar-refractivity contribution in [3.63, 3.8) is 0 Å². The van der Waals surface area contributed by atoms with Crippen LogP contribution >= 0.6 is 27.3 Å². The Morgan fingerprint density at radius 3 is 2.90 bits per heavy atom. The van der Waals surface area contributed by atoms with E-state index in [9.17, 15) is 4.39 Å². The van der Waals surface area contributed by atoms with E-state index >= 15 is 0 Å². The highest BCUT2D eigenvalue weighted by Gasteiger charge is 2.18. The van der Waals surface area contributed by atoms with Gasteiger partial charge in [-0.2, -0.15) is 0 Å². The number of rotatable bonds is 4. The van der Waals surface area contributed by atoms with Crippen molar-refractivity contribution in [2.24, 2.45) is 0 Å². The molecule has 0 aliphatic rings. The molecule has 0 saturated heterocycles. The summed E-state index contributed by atoms with van der Waals surface area (Å²) in [6.07, 6.45) is -0.540. The Hall–Kier alpha value is -1.73. The fraction of sp³-hybridized carbons (Fsp3) is 0.143. The maximum Gasteiger partial charge on any atom is 0.257 e. The van der Waals surface area contributed by atoms with Gasteiger partial charge in [0.25, 0.3) is 11.8 Å². The van der Waals surface area contributed by atoms with Gasteiger partial charge in [-0.15, -0.1) is 21.5 Å². The van der Waals surface area contributed by atoms with Crippen LogP contribution in [0.5, 0.6) is 5.75 Å². The Morgan fingerprint density at radius 1 is 1.33 bits per heavy atom. The summed E-state index contributed by atoms with van der Waals surface area (Å²) in [6.45, 7) is 1.73. The fourth-order valence-electron chi connectivity index (χ4n) is 1.71. The second kappa shape index (κ2) is 5.95. The van der Waals surface area contributed by atoms with E-state index in [4.69, 9.17) is 9.15 Å². The number of aromatic nitrogens is 2. The molecule has 0 fully saturated rings. The summed E-state index contributed by atoms with van der Waals surface area (Å²) >= 11 is 4.70. The van der Waals surface area contributed by atoms with Gasteiger partial charge in [-0.3, -0.25) is 0 Å². The van der Waals surface area contributed by atoms with Gasteiger partial charge in [-0.25, -0.2) is 4.39 Å². The Labute approximate surface area is 132 Å². The minimum Gasteiger partial charge on any atom is -0.478 e. The van der Waals surface area contributed by atoms with Crippen LogP contribution in [0.3, 0.4) is 0 Å². The van der Waals surface area contributed by atoms with Crippen molar-refractivity contribution in [1.82, 2.24) is 10.2 Å². The number of hydrogen-bond donors (Lipinski definition) is 0. The van der Waals surface area contributed by atoms with Crippen molar-refractivity contribution in [1.29, 1.82) is 0 Å². The predicted octanol–water partition coefficient (Wildman–Crippen LogP) is 4.84. The molecule has 3 aromatic rings. The summed E-state index contributed by atoms with van der Waals surface area (Å²) < 4.78 is 25.5. The number of benzene rings is 1. The second-order valence-corrected chi connectivity index (χ2v) is 6.12. The molecule has 1 aromatic carbocycles. The molecule has 0 aliphatic carbocycles. The van der Waals surface area contributed by atoms with Crippen molar-refractivity contribution < 1.29 is 13.5 Å². The Kier molecular flexibility index (Phi) is 4.03. The van der Waals surface area contributed by atoms with Crippen LogP contribution in [0.2, 0.25) is 0 Å². The number of nitrogens with zero attached hydrogens (tertiary/aromatic N) is 2. The summed E-state index contributed by atoms with van der Waals surface area (Å²) in [7, 11) is 0. The molecule has 21 heavy (non-hydrogen) atoms. The van der Waals surface area contributed by atoms with E-state index in [0.717, 1.165) is 4.88 Å². The molecule has 1 atom stereocenters. The van der Waals surface area contributed by atoms with E-state index in [0.29, 0.717) is 16.3 Å². The molecule has 0 aliphatic heterocycles. The molecular formula is C14H10BrFN2O2S. The number of thiophene rings is 1. The summed E-state index contributed by atoms with van der Waals surface area (Å²) in [5, 5.41) is 9.85. The molecule has 0 amide bonds. The van der Waals surface area contributed by atoms with Crippen LogP contribution < -0.4 is 4.74 Å². The van der Waals surface area contributed by atoms with E-state index in [2.05, 4.69) is 26.1 Å². The lowest BCUT2D eigenvalue weighted by Gasteiger charge is -2.11. The zero-order chi connectivity index (χ0) is 14.8. The van der Waals surface area contributed by atoms with Gasteiger partial charge in [-0.05, 0) is 36.6 Å². The van der Waals surface area contributed by atoms with Crippen molar-refractivity contribution in [2.45, 2.75) is 13.0 Å². The number of hydrogen-bond acceptors (Lipinski definition) is 5. The minimum absolute atomic E-state index is 0.140. The fourth-order valence-corrected chi connectivity index (χ4v) is 2.69. The zero-order valence-electron chi connectivity index (χ0n) is 10.9. The van der Waals surface area contributed by atoms with E-state index in [-0.39, 0.29) is 5.75 Å². The van der Waals surface area contributed by atoms with Gasteiger partial charge in [0.1, 0.15) is 0 Å². The Bertz CT molecular complexity index is 745. The average Bonchev–Trinajstić information content (AvgIpc) is 3.10. The van der Waals surface area contributed by atoms with Crippen LogP contribution in [0.4, 0.5) is 4.39 Å². The molecule has 0 N–H and O–H groups in total. The first-order valence-electron chi connectivity index (χ1n) is 6.12. The summed E-state index contributed by atoms with van der Waals surface area (Å²) in [5.74, 6) is 0.434. The standard InChI is InChI=1S/C14H10BrFN2O2S/c1-8(19-11-5-4-9(15)7-10(11)16)13-17-18-14(20-13)12-3-2-6-21-12/h2-8H,1H3/t8-/m0/s1. The average molecular weight is 369 g/mol. The quantitative estimate of drug-likeness (QED) is 0.660. The summed E-state index contributed by atoms with van der Waals surface area (Å²) in [6, 6.07) is 8.39. The molecule has 2 heterocycles. The summed E-state index contributed by atoms with van der Waals surface area (Å²) in [4.78, 5) is 0.885. The monoisotopic (exact) mass is 368 g/mol. The highest BCUT2D eigenvalue weighted by Crippen LogP contribution is 2.28. The first-order chi connectivity index (χ1) is 10.1. The van der Waals surface area contributed by atoms with Crippen molar-refractivity contribution in [3.8, 4) is 16.5 Å². The van der Waals surface area contributed by atoms with E-state index < -0.39 is 11.9 Å². The molecule has 0 radical (unpaired) electrons. The third-order valence-electron chi connectivity index (χ3n) is 2.72. The van der Waals surface area contributed by atoms with Crippen molar-refractivity contribution in [3.05, 3.63) is 51.9 Å². The van der Waals surface area contributed by atoms with Crippen LogP contribution in [0, 0.1) is 5.82 Å². The molecule has 2 aromatic heterocycles. The molecule has 0 saturated carbocycles. The normalized spacial score (nSPS) is 12.3. The molecule has 108 valence electrons. The maximum absolute atomic E-state index is 13.7. The SMILES string of the molecule is C[C@H](Oc1ccc(Br)cc1F)c1nnc(-c2cccs2)o1. The molecular weight excluding hydrogens is 359 g/mol. The maximum atomic E-state index is 13.7. The van der Waals surface area contributed by atoms with Crippen molar-refractivity contribution >= 4 is 27.3 Å². The highest BCUT2D eigenvalue weighted by molar-refractivity contribution is 9.10. The van der Waals surface area contributed by atoms with E-state index in [1.54, 1.807) is 19.1 Å². The smallest absolute Gasteiger partial charge is 0.257 e. The molecule has 3 rings (SSSR count).